The second kappa shape index (κ2) is 10.8. The van der Waals surface area contributed by atoms with Crippen LogP contribution in [0.4, 0.5) is 5.69 Å². The lowest BCUT2D eigenvalue weighted by molar-refractivity contribution is -0.135. The SMILES string of the molecule is COc1cccc(NC(=O)CN(C)C(=O)CN2CCC(C(=O)NC(C)C)CC2)c1. The van der Waals surface area contributed by atoms with Crippen molar-refractivity contribution in [2.45, 2.75) is 32.7 Å². The first kappa shape index (κ1) is 22.7. The van der Waals surface area contributed by atoms with Gasteiger partial charge in [0.05, 0.1) is 20.2 Å². The van der Waals surface area contributed by atoms with Crippen LogP contribution >= 0.6 is 0 Å². The molecular weight excluding hydrogens is 372 g/mol. The van der Waals surface area contributed by atoms with E-state index in [1.165, 1.54) is 4.90 Å². The number of carbonyl (C=O) groups excluding carboxylic acids is 3. The molecule has 8 heteroatoms. The molecule has 1 aliphatic heterocycles. The molecule has 0 bridgehead atoms. The Hall–Kier alpha value is -2.61. The number of hydrogen-bond acceptors (Lipinski definition) is 5. The van der Waals surface area contributed by atoms with E-state index in [0.29, 0.717) is 24.5 Å². The number of anilines is 1. The summed E-state index contributed by atoms with van der Waals surface area (Å²) < 4.78 is 5.13. The summed E-state index contributed by atoms with van der Waals surface area (Å²) >= 11 is 0. The first-order valence-corrected chi connectivity index (χ1v) is 9.99. The molecule has 2 N–H and O–H groups in total. The predicted octanol–water partition coefficient (Wildman–Crippen LogP) is 1.33. The van der Waals surface area contributed by atoms with Crippen molar-refractivity contribution in [1.82, 2.24) is 15.1 Å². The molecule has 2 rings (SSSR count). The molecule has 0 unspecified atom stereocenters. The topological polar surface area (TPSA) is 91.0 Å². The van der Waals surface area contributed by atoms with E-state index in [0.717, 1.165) is 12.8 Å². The van der Waals surface area contributed by atoms with Crippen molar-refractivity contribution in [2.75, 3.05) is 45.7 Å². The number of amides is 3. The molecule has 29 heavy (non-hydrogen) atoms. The van der Waals surface area contributed by atoms with E-state index >= 15 is 0 Å². The maximum atomic E-state index is 12.5. The number of hydrogen-bond donors (Lipinski definition) is 2. The third-order valence-electron chi connectivity index (χ3n) is 4.91. The van der Waals surface area contributed by atoms with Crippen LogP contribution < -0.4 is 15.4 Å². The van der Waals surface area contributed by atoms with Crippen LogP contribution in [0.1, 0.15) is 26.7 Å². The van der Waals surface area contributed by atoms with E-state index in [-0.39, 0.29) is 42.8 Å². The summed E-state index contributed by atoms with van der Waals surface area (Å²) in [6, 6.07) is 7.20. The van der Waals surface area contributed by atoms with E-state index in [4.69, 9.17) is 4.74 Å². The minimum Gasteiger partial charge on any atom is -0.497 e. The highest BCUT2D eigenvalue weighted by atomic mass is 16.5. The molecule has 0 atom stereocenters. The number of likely N-dealkylation sites (N-methyl/N-ethyl adjacent to an activating group) is 1. The lowest BCUT2D eigenvalue weighted by atomic mass is 9.95. The van der Waals surface area contributed by atoms with Crippen molar-refractivity contribution >= 4 is 23.4 Å². The fraction of sp³-hybridized carbons (Fsp3) is 0.571. The molecule has 8 nitrogen and oxygen atoms in total. The molecule has 1 aromatic rings. The number of nitrogens with one attached hydrogen (secondary N) is 2. The fourth-order valence-electron chi connectivity index (χ4n) is 3.27. The number of benzene rings is 1. The van der Waals surface area contributed by atoms with Gasteiger partial charge in [0.1, 0.15) is 5.75 Å². The van der Waals surface area contributed by atoms with Crippen LogP contribution in [0.2, 0.25) is 0 Å². The highest BCUT2D eigenvalue weighted by Gasteiger charge is 2.27. The molecule has 0 aliphatic carbocycles. The minimum atomic E-state index is -0.266. The molecule has 1 saturated heterocycles. The van der Waals surface area contributed by atoms with Crippen molar-refractivity contribution in [3.63, 3.8) is 0 Å². The summed E-state index contributed by atoms with van der Waals surface area (Å²) in [5.41, 5.74) is 0.622. The zero-order valence-electron chi connectivity index (χ0n) is 17.7. The van der Waals surface area contributed by atoms with Crippen molar-refractivity contribution < 1.29 is 19.1 Å². The number of nitrogens with zero attached hydrogens (tertiary/aromatic N) is 2. The zero-order chi connectivity index (χ0) is 21.4. The summed E-state index contributed by atoms with van der Waals surface area (Å²) in [6.45, 7) is 5.53. The maximum absolute atomic E-state index is 12.5. The quantitative estimate of drug-likeness (QED) is 0.682. The molecule has 0 spiro atoms. The van der Waals surface area contributed by atoms with Crippen LogP contribution in [-0.4, -0.2) is 73.9 Å². The van der Waals surface area contributed by atoms with Gasteiger partial charge in [-0.1, -0.05) is 6.07 Å². The van der Waals surface area contributed by atoms with Crippen molar-refractivity contribution in [2.24, 2.45) is 5.92 Å². The van der Waals surface area contributed by atoms with E-state index < -0.39 is 0 Å². The summed E-state index contributed by atoms with van der Waals surface area (Å²) in [5.74, 6) is 0.374. The predicted molar refractivity (Wildman–Crippen MR) is 112 cm³/mol. The average Bonchev–Trinajstić information content (AvgIpc) is 2.67. The second-order valence-corrected chi connectivity index (χ2v) is 7.74. The third kappa shape index (κ3) is 7.38. The summed E-state index contributed by atoms with van der Waals surface area (Å²) in [4.78, 5) is 40.3. The molecule has 0 radical (unpaired) electrons. The Morgan fingerprint density at radius 3 is 2.55 bits per heavy atom. The summed E-state index contributed by atoms with van der Waals surface area (Å²) in [5, 5.41) is 5.72. The molecular formula is C21H32N4O4. The van der Waals surface area contributed by atoms with E-state index in [9.17, 15) is 14.4 Å². The Labute approximate surface area is 172 Å². The fourth-order valence-corrected chi connectivity index (χ4v) is 3.27. The summed E-state index contributed by atoms with van der Waals surface area (Å²) in [7, 11) is 3.18. The van der Waals surface area contributed by atoms with Gasteiger partial charge in [-0.15, -0.1) is 0 Å². The van der Waals surface area contributed by atoms with Gasteiger partial charge in [-0.25, -0.2) is 0 Å². The smallest absolute Gasteiger partial charge is 0.243 e. The molecule has 0 aromatic heterocycles. The van der Waals surface area contributed by atoms with Gasteiger partial charge in [0.15, 0.2) is 0 Å². The Bertz CT molecular complexity index is 714. The number of methoxy groups -OCH3 is 1. The highest BCUT2D eigenvalue weighted by Crippen LogP contribution is 2.18. The molecule has 3 amide bonds. The molecule has 1 aliphatic rings. The van der Waals surface area contributed by atoms with Gasteiger partial charge in [-0.3, -0.25) is 19.3 Å². The van der Waals surface area contributed by atoms with Crippen LogP contribution in [0, 0.1) is 5.92 Å². The van der Waals surface area contributed by atoms with Crippen molar-refractivity contribution in [3.8, 4) is 5.75 Å². The first-order valence-electron chi connectivity index (χ1n) is 9.99. The minimum absolute atomic E-state index is 0.00937. The number of carbonyl (C=O) groups is 3. The molecule has 0 saturated carbocycles. The van der Waals surface area contributed by atoms with Crippen LogP contribution in [0.3, 0.4) is 0 Å². The maximum Gasteiger partial charge on any atom is 0.243 e. The zero-order valence-corrected chi connectivity index (χ0v) is 17.7. The number of ether oxygens (including phenoxy) is 1. The standard InChI is InChI=1S/C21H32N4O4/c1-15(2)22-21(28)16-8-10-25(11-9-16)14-20(27)24(3)13-19(26)23-17-6-5-7-18(12-17)29-4/h5-7,12,15-16H,8-11,13-14H2,1-4H3,(H,22,28)(H,23,26). The first-order chi connectivity index (χ1) is 13.8. The van der Waals surface area contributed by atoms with Gasteiger partial charge in [-0.05, 0) is 51.9 Å². The molecule has 160 valence electrons. The highest BCUT2D eigenvalue weighted by molar-refractivity contribution is 5.94. The van der Waals surface area contributed by atoms with Crippen LogP contribution in [-0.2, 0) is 14.4 Å². The Kier molecular flexibility index (Phi) is 8.45. The van der Waals surface area contributed by atoms with E-state index in [1.807, 2.05) is 18.7 Å². The van der Waals surface area contributed by atoms with Gasteiger partial charge in [-0.2, -0.15) is 0 Å². The van der Waals surface area contributed by atoms with Crippen LogP contribution in [0.25, 0.3) is 0 Å². The number of piperidine rings is 1. The van der Waals surface area contributed by atoms with Gasteiger partial charge in [0, 0.05) is 30.8 Å². The third-order valence-corrected chi connectivity index (χ3v) is 4.91. The van der Waals surface area contributed by atoms with Gasteiger partial charge >= 0.3 is 0 Å². The van der Waals surface area contributed by atoms with Crippen LogP contribution in [0.5, 0.6) is 5.75 Å². The van der Waals surface area contributed by atoms with Gasteiger partial charge in [0.2, 0.25) is 17.7 Å². The van der Waals surface area contributed by atoms with Crippen molar-refractivity contribution in [3.05, 3.63) is 24.3 Å². The Morgan fingerprint density at radius 2 is 1.93 bits per heavy atom. The average molecular weight is 405 g/mol. The lowest BCUT2D eigenvalue weighted by Gasteiger charge is -2.32. The Morgan fingerprint density at radius 1 is 1.24 bits per heavy atom. The molecule has 1 heterocycles. The normalized spacial score (nSPS) is 15.1. The second-order valence-electron chi connectivity index (χ2n) is 7.74. The number of likely N-dealkylation sites (tertiary alicyclic amines) is 1. The Balaban J connectivity index is 1.74. The van der Waals surface area contributed by atoms with Crippen LogP contribution in [0.15, 0.2) is 24.3 Å². The summed E-state index contributed by atoms with van der Waals surface area (Å²) in [6.07, 6.45) is 1.48. The monoisotopic (exact) mass is 404 g/mol. The number of rotatable bonds is 8. The van der Waals surface area contributed by atoms with Gasteiger partial charge in [0.25, 0.3) is 0 Å². The molecule has 1 aromatic carbocycles. The van der Waals surface area contributed by atoms with E-state index in [2.05, 4.69) is 10.6 Å². The lowest BCUT2D eigenvalue weighted by Crippen LogP contribution is -2.46. The van der Waals surface area contributed by atoms with Gasteiger partial charge < -0.3 is 20.3 Å². The van der Waals surface area contributed by atoms with Crippen molar-refractivity contribution in [1.29, 1.82) is 0 Å². The molecule has 1 fully saturated rings. The van der Waals surface area contributed by atoms with E-state index in [1.54, 1.807) is 38.4 Å². The largest absolute Gasteiger partial charge is 0.497 e.